The molecule has 0 saturated heterocycles. The van der Waals surface area contributed by atoms with Gasteiger partial charge in [0.15, 0.2) is 0 Å². The maximum Gasteiger partial charge on any atom is 0.206 e. The summed E-state index contributed by atoms with van der Waals surface area (Å²) in [5.74, 6) is 0.845. The van der Waals surface area contributed by atoms with Crippen molar-refractivity contribution in [3.63, 3.8) is 0 Å². The van der Waals surface area contributed by atoms with Gasteiger partial charge in [0.05, 0.1) is 11.7 Å². The molecule has 1 aromatic rings. The minimum atomic E-state index is -0.0203. The standard InChI is InChI=1S/C9H13ClN6/c1-6-8(10)16-4-3-7(13-14-11)5-15(2)9(16)12-6/h7H,3-5H2,1-2H3. The maximum absolute atomic E-state index is 8.45. The maximum atomic E-state index is 8.45. The zero-order chi connectivity index (χ0) is 11.7. The van der Waals surface area contributed by atoms with Crippen molar-refractivity contribution in [3.8, 4) is 0 Å². The fraction of sp³-hybridized carbons (Fsp3) is 0.667. The molecule has 6 nitrogen and oxygen atoms in total. The van der Waals surface area contributed by atoms with Crippen molar-refractivity contribution in [1.29, 1.82) is 0 Å². The van der Waals surface area contributed by atoms with Gasteiger partial charge in [-0.3, -0.25) is 0 Å². The molecule has 0 aliphatic carbocycles. The fourth-order valence-corrected chi connectivity index (χ4v) is 2.17. The molecule has 7 heteroatoms. The molecule has 0 aromatic carbocycles. The summed E-state index contributed by atoms with van der Waals surface area (Å²) in [5.41, 5.74) is 9.29. The van der Waals surface area contributed by atoms with E-state index in [-0.39, 0.29) is 6.04 Å². The number of azide groups is 1. The summed E-state index contributed by atoms with van der Waals surface area (Å²) in [7, 11) is 1.93. The quantitative estimate of drug-likeness (QED) is 0.430. The molecule has 0 N–H and O–H groups in total. The summed E-state index contributed by atoms with van der Waals surface area (Å²) in [4.78, 5) is 9.24. The number of imidazole rings is 1. The van der Waals surface area contributed by atoms with Crippen LogP contribution in [-0.2, 0) is 6.54 Å². The van der Waals surface area contributed by atoms with Crippen LogP contribution in [0.3, 0.4) is 0 Å². The number of anilines is 1. The topological polar surface area (TPSA) is 69.8 Å². The summed E-state index contributed by atoms with van der Waals surface area (Å²) in [6.45, 7) is 3.31. The number of hydrogen-bond donors (Lipinski definition) is 0. The molecule has 1 atom stereocenters. The van der Waals surface area contributed by atoms with Gasteiger partial charge in [-0.1, -0.05) is 16.7 Å². The van der Waals surface area contributed by atoms with Crippen molar-refractivity contribution in [1.82, 2.24) is 9.55 Å². The molecular formula is C9H13ClN6. The molecule has 0 fully saturated rings. The van der Waals surface area contributed by atoms with Crippen molar-refractivity contribution < 1.29 is 0 Å². The van der Waals surface area contributed by atoms with Crippen LogP contribution < -0.4 is 4.90 Å². The predicted molar refractivity (Wildman–Crippen MR) is 62.8 cm³/mol. The third-order valence-corrected chi connectivity index (χ3v) is 3.25. The second-order valence-corrected chi connectivity index (χ2v) is 4.33. The first-order valence-electron chi connectivity index (χ1n) is 5.11. The number of aryl methyl sites for hydroxylation is 1. The van der Waals surface area contributed by atoms with E-state index >= 15 is 0 Å². The van der Waals surface area contributed by atoms with Gasteiger partial charge in [0.25, 0.3) is 0 Å². The Labute approximate surface area is 98.5 Å². The van der Waals surface area contributed by atoms with Crippen molar-refractivity contribution in [2.45, 2.75) is 25.9 Å². The van der Waals surface area contributed by atoms with E-state index in [9.17, 15) is 0 Å². The molecule has 0 radical (unpaired) electrons. The summed E-state index contributed by atoms with van der Waals surface area (Å²) in [6.07, 6.45) is 0.789. The molecule has 0 spiro atoms. The Balaban J connectivity index is 2.33. The highest BCUT2D eigenvalue weighted by Crippen LogP contribution is 2.26. The number of hydrogen-bond acceptors (Lipinski definition) is 3. The van der Waals surface area contributed by atoms with Gasteiger partial charge in [-0.05, 0) is 18.9 Å². The fourth-order valence-electron chi connectivity index (χ4n) is 1.96. The first-order chi connectivity index (χ1) is 7.63. The molecule has 0 saturated carbocycles. The Hall–Kier alpha value is -1.39. The highest BCUT2D eigenvalue weighted by molar-refractivity contribution is 6.30. The van der Waals surface area contributed by atoms with E-state index in [0.717, 1.165) is 24.6 Å². The lowest BCUT2D eigenvalue weighted by molar-refractivity contribution is 0.576. The van der Waals surface area contributed by atoms with Gasteiger partial charge in [0.2, 0.25) is 5.95 Å². The minimum Gasteiger partial charge on any atom is -0.345 e. The van der Waals surface area contributed by atoms with E-state index < -0.39 is 0 Å². The smallest absolute Gasteiger partial charge is 0.206 e. The van der Waals surface area contributed by atoms with Crippen LogP contribution in [0.15, 0.2) is 5.11 Å². The zero-order valence-electron chi connectivity index (χ0n) is 9.26. The van der Waals surface area contributed by atoms with Crippen LogP contribution in [0.25, 0.3) is 10.4 Å². The molecule has 1 unspecified atom stereocenters. The predicted octanol–water partition coefficient (Wildman–Crippen LogP) is 2.36. The van der Waals surface area contributed by atoms with E-state index in [2.05, 4.69) is 15.0 Å². The Morgan fingerprint density at radius 3 is 3.06 bits per heavy atom. The van der Waals surface area contributed by atoms with Crippen LogP contribution in [-0.4, -0.2) is 29.2 Å². The first kappa shape index (κ1) is 11.1. The van der Waals surface area contributed by atoms with Crippen LogP contribution >= 0.6 is 11.6 Å². The van der Waals surface area contributed by atoms with Crippen LogP contribution in [0, 0.1) is 6.92 Å². The highest BCUT2D eigenvalue weighted by atomic mass is 35.5. The number of halogens is 1. The van der Waals surface area contributed by atoms with Gasteiger partial charge in [-0.25, -0.2) is 4.98 Å². The number of likely N-dealkylation sites (N-methyl/N-ethyl adjacent to an activating group) is 1. The zero-order valence-corrected chi connectivity index (χ0v) is 10.0. The Morgan fingerprint density at radius 1 is 1.62 bits per heavy atom. The van der Waals surface area contributed by atoms with E-state index in [1.54, 1.807) is 0 Å². The number of aromatic nitrogens is 2. The van der Waals surface area contributed by atoms with E-state index in [1.165, 1.54) is 0 Å². The Kier molecular flexibility index (Phi) is 2.94. The molecular weight excluding hydrogens is 228 g/mol. The monoisotopic (exact) mass is 240 g/mol. The van der Waals surface area contributed by atoms with Crippen LogP contribution in [0.5, 0.6) is 0 Å². The van der Waals surface area contributed by atoms with Crippen molar-refractivity contribution in [2.75, 3.05) is 18.5 Å². The Bertz CT molecular complexity index is 447. The number of nitrogens with zero attached hydrogens (tertiary/aromatic N) is 6. The van der Waals surface area contributed by atoms with Crippen LogP contribution in [0.1, 0.15) is 12.1 Å². The molecule has 2 rings (SSSR count). The summed E-state index contributed by atoms with van der Waals surface area (Å²) in [6, 6.07) is -0.0203. The van der Waals surface area contributed by atoms with Gasteiger partial charge in [-0.2, -0.15) is 0 Å². The first-order valence-corrected chi connectivity index (χ1v) is 5.49. The molecule has 16 heavy (non-hydrogen) atoms. The van der Waals surface area contributed by atoms with Gasteiger partial charge in [0, 0.05) is 25.0 Å². The van der Waals surface area contributed by atoms with Gasteiger partial charge in [0.1, 0.15) is 5.15 Å². The van der Waals surface area contributed by atoms with Gasteiger partial charge < -0.3 is 9.47 Å². The molecule has 1 aliphatic heterocycles. The SMILES string of the molecule is Cc1nc2n(c1Cl)CCC(N=[N+]=[N-])CN2C. The molecule has 0 amide bonds. The van der Waals surface area contributed by atoms with Gasteiger partial charge in [-0.15, -0.1) is 0 Å². The number of fused-ring (bicyclic) bond motifs is 1. The Morgan fingerprint density at radius 2 is 2.38 bits per heavy atom. The lowest BCUT2D eigenvalue weighted by atomic mass is 10.2. The molecule has 86 valence electrons. The normalized spacial score (nSPS) is 19.9. The summed E-state index contributed by atoms with van der Waals surface area (Å²) < 4.78 is 1.96. The molecule has 2 heterocycles. The van der Waals surface area contributed by atoms with Crippen LogP contribution in [0.2, 0.25) is 5.15 Å². The van der Waals surface area contributed by atoms with Crippen molar-refractivity contribution in [2.24, 2.45) is 5.11 Å². The third-order valence-electron chi connectivity index (χ3n) is 2.77. The average Bonchev–Trinajstić information content (AvgIpc) is 2.43. The largest absolute Gasteiger partial charge is 0.345 e. The molecule has 1 aliphatic rings. The lowest BCUT2D eigenvalue weighted by Gasteiger charge is -2.17. The van der Waals surface area contributed by atoms with E-state index in [0.29, 0.717) is 11.7 Å². The lowest BCUT2D eigenvalue weighted by Crippen LogP contribution is -2.26. The minimum absolute atomic E-state index is 0.0203. The third kappa shape index (κ3) is 1.81. The van der Waals surface area contributed by atoms with E-state index in [4.69, 9.17) is 17.1 Å². The van der Waals surface area contributed by atoms with Crippen LogP contribution in [0.4, 0.5) is 5.95 Å². The second-order valence-electron chi connectivity index (χ2n) is 3.97. The number of rotatable bonds is 1. The summed E-state index contributed by atoms with van der Waals surface area (Å²) >= 11 is 6.16. The molecule has 0 bridgehead atoms. The molecule has 1 aromatic heterocycles. The van der Waals surface area contributed by atoms with Crippen molar-refractivity contribution in [3.05, 3.63) is 21.3 Å². The highest BCUT2D eigenvalue weighted by Gasteiger charge is 2.22. The second kappa shape index (κ2) is 4.23. The average molecular weight is 241 g/mol. The van der Waals surface area contributed by atoms with Gasteiger partial charge >= 0.3 is 0 Å². The van der Waals surface area contributed by atoms with E-state index in [1.807, 2.05) is 23.4 Å². The summed E-state index contributed by atoms with van der Waals surface area (Å²) in [5, 5.41) is 4.43. The van der Waals surface area contributed by atoms with Crippen molar-refractivity contribution >= 4 is 17.5 Å².